The van der Waals surface area contributed by atoms with Gasteiger partial charge in [0.15, 0.2) is 5.76 Å². The third-order valence-corrected chi connectivity index (χ3v) is 5.93. The number of piperidine rings is 1. The Labute approximate surface area is 171 Å². The third kappa shape index (κ3) is 6.06. The number of carbonyl (C=O) groups excluding carboxylic acids is 3. The Bertz CT molecular complexity index is 718. The molecule has 2 fully saturated rings. The van der Waals surface area contributed by atoms with Crippen LogP contribution in [0.4, 0.5) is 4.79 Å². The molecule has 8 heteroatoms. The van der Waals surface area contributed by atoms with E-state index in [0.29, 0.717) is 24.6 Å². The van der Waals surface area contributed by atoms with Crippen LogP contribution >= 0.6 is 0 Å². The first kappa shape index (κ1) is 21.4. The fraction of sp³-hybridized carbons (Fsp3) is 0.667. The van der Waals surface area contributed by atoms with Gasteiger partial charge in [0, 0.05) is 25.2 Å². The van der Waals surface area contributed by atoms with Gasteiger partial charge in [-0.05, 0) is 51.7 Å². The van der Waals surface area contributed by atoms with Gasteiger partial charge >= 0.3 is 6.03 Å². The van der Waals surface area contributed by atoms with Gasteiger partial charge in [0.25, 0.3) is 5.91 Å². The molecule has 8 nitrogen and oxygen atoms in total. The van der Waals surface area contributed by atoms with E-state index in [9.17, 15) is 14.4 Å². The molecule has 1 saturated carbocycles. The Kier molecular flexibility index (Phi) is 7.30. The lowest BCUT2D eigenvalue weighted by molar-refractivity contribution is -0.125. The highest BCUT2D eigenvalue weighted by Gasteiger charge is 2.29. The number of nitrogens with one attached hydrogen (secondary N) is 3. The van der Waals surface area contributed by atoms with Gasteiger partial charge in [0.1, 0.15) is 5.76 Å². The van der Waals surface area contributed by atoms with E-state index in [-0.39, 0.29) is 23.9 Å². The van der Waals surface area contributed by atoms with E-state index in [2.05, 4.69) is 16.0 Å². The first-order chi connectivity index (χ1) is 13.9. The summed E-state index contributed by atoms with van der Waals surface area (Å²) in [4.78, 5) is 38.8. The number of rotatable bonds is 5. The molecule has 3 N–H and O–H groups in total. The summed E-state index contributed by atoms with van der Waals surface area (Å²) in [6, 6.07) is 2.87. The number of aryl methyl sites for hydroxylation is 1. The van der Waals surface area contributed by atoms with Crippen LogP contribution in [0, 0.1) is 6.92 Å². The van der Waals surface area contributed by atoms with Gasteiger partial charge in [-0.2, -0.15) is 0 Å². The molecular weight excluding hydrogens is 372 g/mol. The van der Waals surface area contributed by atoms with Crippen molar-refractivity contribution < 1.29 is 18.8 Å². The molecule has 1 aromatic heterocycles. The van der Waals surface area contributed by atoms with Gasteiger partial charge in [-0.15, -0.1) is 0 Å². The number of hydrogen-bond donors (Lipinski definition) is 3. The van der Waals surface area contributed by atoms with E-state index in [4.69, 9.17) is 4.42 Å². The zero-order valence-electron chi connectivity index (χ0n) is 17.3. The quantitative estimate of drug-likeness (QED) is 0.699. The number of urea groups is 1. The van der Waals surface area contributed by atoms with E-state index >= 15 is 0 Å². The predicted molar refractivity (Wildman–Crippen MR) is 109 cm³/mol. The van der Waals surface area contributed by atoms with Crippen molar-refractivity contribution >= 4 is 17.8 Å². The van der Waals surface area contributed by atoms with Crippen LogP contribution in [0.15, 0.2) is 16.5 Å². The molecule has 0 aromatic carbocycles. The van der Waals surface area contributed by atoms with Crippen molar-refractivity contribution in [2.24, 2.45) is 0 Å². The number of nitrogens with zero attached hydrogens (tertiary/aromatic N) is 1. The highest BCUT2D eigenvalue weighted by Crippen LogP contribution is 2.17. The molecule has 0 radical (unpaired) electrons. The minimum Gasteiger partial charge on any atom is -0.456 e. The Morgan fingerprint density at radius 2 is 1.66 bits per heavy atom. The zero-order chi connectivity index (χ0) is 20.8. The summed E-state index contributed by atoms with van der Waals surface area (Å²) in [5.41, 5.74) is 0. The molecule has 3 rings (SSSR count). The van der Waals surface area contributed by atoms with Crippen LogP contribution in [0.2, 0.25) is 0 Å². The second-order valence-corrected chi connectivity index (χ2v) is 8.17. The summed E-state index contributed by atoms with van der Waals surface area (Å²) in [5.74, 6) is 0.535. The first-order valence-corrected chi connectivity index (χ1v) is 10.6. The maximum atomic E-state index is 12.4. The lowest BCUT2D eigenvalue weighted by atomic mass is 9.96. The summed E-state index contributed by atoms with van der Waals surface area (Å²) >= 11 is 0. The average molecular weight is 405 g/mol. The molecule has 29 heavy (non-hydrogen) atoms. The standard InChI is InChI=1S/C21H32N4O4/c1-14-8-9-18(29-14)20(27)22-17-10-12-25(13-11-17)15(2)19(26)24-21(28)23-16-6-4-3-5-7-16/h8-9,15-17H,3-7,10-13H2,1-2H3,(H,22,27)(H2,23,24,26,28). The van der Waals surface area contributed by atoms with Crippen LogP contribution in [-0.4, -0.2) is 54.0 Å². The second-order valence-electron chi connectivity index (χ2n) is 8.17. The van der Waals surface area contributed by atoms with Gasteiger partial charge in [0.2, 0.25) is 5.91 Å². The lowest BCUT2D eigenvalue weighted by Crippen LogP contribution is -2.54. The van der Waals surface area contributed by atoms with Crippen molar-refractivity contribution in [2.45, 2.75) is 76.9 Å². The Morgan fingerprint density at radius 3 is 2.28 bits per heavy atom. The fourth-order valence-corrected chi connectivity index (χ4v) is 4.09. The molecule has 1 aromatic rings. The molecule has 2 heterocycles. The Balaban J connectivity index is 1.39. The Hall–Kier alpha value is -2.35. The number of imide groups is 1. The molecule has 0 bridgehead atoms. The van der Waals surface area contributed by atoms with Crippen molar-refractivity contribution in [1.82, 2.24) is 20.9 Å². The second kappa shape index (κ2) is 9.91. The molecule has 1 saturated heterocycles. The zero-order valence-corrected chi connectivity index (χ0v) is 17.3. The van der Waals surface area contributed by atoms with Crippen molar-refractivity contribution in [1.29, 1.82) is 0 Å². The van der Waals surface area contributed by atoms with E-state index in [1.807, 2.05) is 11.8 Å². The highest BCUT2D eigenvalue weighted by molar-refractivity contribution is 5.97. The summed E-state index contributed by atoms with van der Waals surface area (Å²) in [5, 5.41) is 8.38. The summed E-state index contributed by atoms with van der Waals surface area (Å²) < 4.78 is 5.36. The van der Waals surface area contributed by atoms with E-state index in [1.165, 1.54) is 6.42 Å². The number of carbonyl (C=O) groups is 3. The minimum atomic E-state index is -0.398. The number of furan rings is 1. The van der Waals surface area contributed by atoms with Gasteiger partial charge in [-0.1, -0.05) is 19.3 Å². The molecular formula is C21H32N4O4. The van der Waals surface area contributed by atoms with Crippen molar-refractivity contribution in [3.05, 3.63) is 23.7 Å². The highest BCUT2D eigenvalue weighted by atomic mass is 16.3. The number of likely N-dealkylation sites (tertiary alicyclic amines) is 1. The summed E-state index contributed by atoms with van der Waals surface area (Å²) in [6.45, 7) is 4.98. The van der Waals surface area contributed by atoms with Crippen LogP contribution in [0.25, 0.3) is 0 Å². The normalized spacial score (nSPS) is 20.1. The smallest absolute Gasteiger partial charge is 0.321 e. The van der Waals surface area contributed by atoms with Crippen molar-refractivity contribution in [2.75, 3.05) is 13.1 Å². The molecule has 1 atom stereocenters. The molecule has 2 aliphatic rings. The molecule has 4 amide bonds. The molecule has 160 valence electrons. The van der Waals surface area contributed by atoms with Crippen molar-refractivity contribution in [3.8, 4) is 0 Å². The molecule has 1 aliphatic heterocycles. The maximum absolute atomic E-state index is 12.4. The number of hydrogen-bond acceptors (Lipinski definition) is 5. The average Bonchev–Trinajstić information content (AvgIpc) is 3.15. The minimum absolute atomic E-state index is 0.0500. The van der Waals surface area contributed by atoms with Crippen LogP contribution in [-0.2, 0) is 4.79 Å². The third-order valence-electron chi connectivity index (χ3n) is 5.93. The van der Waals surface area contributed by atoms with Crippen molar-refractivity contribution in [3.63, 3.8) is 0 Å². The van der Waals surface area contributed by atoms with E-state index < -0.39 is 12.1 Å². The lowest BCUT2D eigenvalue weighted by Gasteiger charge is -2.35. The van der Waals surface area contributed by atoms with Gasteiger partial charge in [-0.25, -0.2) is 4.79 Å². The van der Waals surface area contributed by atoms with Gasteiger partial charge in [0.05, 0.1) is 6.04 Å². The van der Waals surface area contributed by atoms with E-state index in [1.54, 1.807) is 19.1 Å². The largest absolute Gasteiger partial charge is 0.456 e. The predicted octanol–water partition coefficient (Wildman–Crippen LogP) is 2.33. The number of amides is 4. The van der Waals surface area contributed by atoms with Gasteiger partial charge in [-0.3, -0.25) is 19.8 Å². The van der Waals surface area contributed by atoms with Crippen LogP contribution < -0.4 is 16.0 Å². The summed E-state index contributed by atoms with van der Waals surface area (Å²) in [7, 11) is 0. The monoisotopic (exact) mass is 404 g/mol. The topological polar surface area (TPSA) is 104 Å². The van der Waals surface area contributed by atoms with Crippen LogP contribution in [0.1, 0.15) is 68.2 Å². The molecule has 1 aliphatic carbocycles. The fourth-order valence-electron chi connectivity index (χ4n) is 4.09. The SMILES string of the molecule is Cc1ccc(C(=O)NC2CCN(C(C)C(=O)NC(=O)NC3CCCCC3)CC2)o1. The molecule has 1 unspecified atom stereocenters. The molecule has 0 spiro atoms. The first-order valence-electron chi connectivity index (χ1n) is 10.6. The van der Waals surface area contributed by atoms with Gasteiger partial charge < -0.3 is 15.1 Å². The maximum Gasteiger partial charge on any atom is 0.321 e. The van der Waals surface area contributed by atoms with Crippen LogP contribution in [0.5, 0.6) is 0 Å². The Morgan fingerprint density at radius 1 is 1.00 bits per heavy atom. The summed E-state index contributed by atoms with van der Waals surface area (Å²) in [6.07, 6.45) is 6.92. The van der Waals surface area contributed by atoms with E-state index in [0.717, 1.165) is 38.5 Å². The van der Waals surface area contributed by atoms with Crippen LogP contribution in [0.3, 0.4) is 0 Å².